The number of halogens is 3. The SMILES string of the molecule is O=C1Nc2cccnc2N(C(=O)CCCCCN2CCN(c3cccc(C(F)(F)F)c3)CC2)c2ccccc21. The molecule has 0 bridgehead atoms. The summed E-state index contributed by atoms with van der Waals surface area (Å²) < 4.78 is 39.1. The number of pyridine rings is 1. The molecule has 3 aromatic rings. The fourth-order valence-electron chi connectivity index (χ4n) is 5.10. The minimum absolute atomic E-state index is 0.117. The number of hydrogen-bond acceptors (Lipinski definition) is 5. The van der Waals surface area contributed by atoms with Crippen molar-refractivity contribution in [3.8, 4) is 0 Å². The lowest BCUT2D eigenvalue weighted by molar-refractivity contribution is -0.137. The number of fused-ring (bicyclic) bond motifs is 2. The van der Waals surface area contributed by atoms with Crippen LogP contribution in [0.4, 0.5) is 36.1 Å². The third kappa shape index (κ3) is 6.06. The molecule has 204 valence electrons. The second-order valence-electron chi connectivity index (χ2n) is 9.76. The molecule has 39 heavy (non-hydrogen) atoms. The third-order valence-corrected chi connectivity index (χ3v) is 7.16. The number of carbonyl (C=O) groups excluding carboxylic acids is 2. The summed E-state index contributed by atoms with van der Waals surface area (Å²) in [6, 6.07) is 16.0. The second kappa shape index (κ2) is 11.4. The Bertz CT molecular complexity index is 1340. The summed E-state index contributed by atoms with van der Waals surface area (Å²) >= 11 is 0. The van der Waals surface area contributed by atoms with E-state index in [1.165, 1.54) is 17.0 Å². The number of aromatic nitrogens is 1. The molecule has 0 spiro atoms. The van der Waals surface area contributed by atoms with Gasteiger partial charge in [0.15, 0.2) is 5.82 Å². The first kappa shape index (κ1) is 26.7. The molecule has 2 aliphatic rings. The first-order chi connectivity index (χ1) is 18.8. The van der Waals surface area contributed by atoms with Crippen LogP contribution >= 0.6 is 0 Å². The van der Waals surface area contributed by atoms with E-state index in [2.05, 4.69) is 15.2 Å². The number of rotatable bonds is 7. The van der Waals surface area contributed by atoms with Gasteiger partial charge in [0, 0.05) is 44.5 Å². The van der Waals surface area contributed by atoms with E-state index in [4.69, 9.17) is 0 Å². The number of nitrogens with zero attached hydrogens (tertiary/aromatic N) is 4. The Morgan fingerprint density at radius 2 is 1.72 bits per heavy atom. The zero-order valence-corrected chi connectivity index (χ0v) is 21.5. The summed E-state index contributed by atoms with van der Waals surface area (Å²) in [6.45, 7) is 3.78. The Morgan fingerprint density at radius 1 is 0.923 bits per heavy atom. The van der Waals surface area contributed by atoms with Crippen molar-refractivity contribution >= 4 is 34.7 Å². The van der Waals surface area contributed by atoms with Crippen LogP contribution in [0.25, 0.3) is 0 Å². The maximum absolute atomic E-state index is 13.4. The summed E-state index contributed by atoms with van der Waals surface area (Å²) in [7, 11) is 0. The highest BCUT2D eigenvalue weighted by atomic mass is 19.4. The van der Waals surface area contributed by atoms with Gasteiger partial charge in [0.05, 0.1) is 22.5 Å². The molecule has 0 saturated carbocycles. The molecule has 2 aliphatic heterocycles. The van der Waals surface area contributed by atoms with E-state index in [-0.39, 0.29) is 11.8 Å². The predicted octanol–water partition coefficient (Wildman–Crippen LogP) is 5.71. The summed E-state index contributed by atoms with van der Waals surface area (Å²) in [5.74, 6) is 0.0244. The Hall–Kier alpha value is -3.92. The fraction of sp³-hybridized carbons (Fsp3) is 0.345. The van der Waals surface area contributed by atoms with Gasteiger partial charge < -0.3 is 10.2 Å². The largest absolute Gasteiger partial charge is 0.416 e. The van der Waals surface area contributed by atoms with Crippen molar-refractivity contribution in [3.63, 3.8) is 0 Å². The molecule has 1 aromatic heterocycles. The molecule has 2 aromatic carbocycles. The van der Waals surface area contributed by atoms with Crippen LogP contribution < -0.4 is 15.1 Å². The van der Waals surface area contributed by atoms with E-state index < -0.39 is 11.7 Å². The van der Waals surface area contributed by atoms with Crippen LogP contribution in [0.5, 0.6) is 0 Å². The molecular formula is C29H30F3N5O2. The lowest BCUT2D eigenvalue weighted by atomic mass is 10.1. The van der Waals surface area contributed by atoms with Crippen molar-refractivity contribution in [2.45, 2.75) is 31.9 Å². The second-order valence-corrected chi connectivity index (χ2v) is 9.76. The van der Waals surface area contributed by atoms with Gasteiger partial charge >= 0.3 is 6.18 Å². The number of alkyl halides is 3. The quantitative estimate of drug-likeness (QED) is 0.391. The highest BCUT2D eigenvalue weighted by molar-refractivity contribution is 6.17. The lowest BCUT2D eigenvalue weighted by Crippen LogP contribution is -2.46. The van der Waals surface area contributed by atoms with Gasteiger partial charge in [-0.15, -0.1) is 0 Å². The van der Waals surface area contributed by atoms with Gasteiger partial charge in [-0.2, -0.15) is 13.2 Å². The molecule has 10 heteroatoms. The maximum atomic E-state index is 13.4. The van der Waals surface area contributed by atoms with Crippen LogP contribution in [0.3, 0.4) is 0 Å². The fourth-order valence-corrected chi connectivity index (χ4v) is 5.10. The van der Waals surface area contributed by atoms with Gasteiger partial charge in [-0.1, -0.05) is 24.6 Å². The molecule has 3 heterocycles. The molecule has 0 aliphatic carbocycles. The first-order valence-corrected chi connectivity index (χ1v) is 13.1. The van der Waals surface area contributed by atoms with E-state index in [9.17, 15) is 22.8 Å². The number of carbonyl (C=O) groups is 2. The van der Waals surface area contributed by atoms with Crippen molar-refractivity contribution in [2.75, 3.05) is 47.8 Å². The Kier molecular flexibility index (Phi) is 7.83. The number of benzene rings is 2. The van der Waals surface area contributed by atoms with Crippen LogP contribution in [0.1, 0.15) is 41.6 Å². The average Bonchev–Trinajstić information content (AvgIpc) is 3.06. The van der Waals surface area contributed by atoms with E-state index >= 15 is 0 Å². The standard InChI is InChI=1S/C29H30F3N5O2/c30-29(31,32)21-8-6-9-22(20-21)36-18-16-35(17-19-36)15-5-1-2-13-26(38)37-25-12-4-3-10-23(25)28(39)34-24-11-7-14-33-27(24)37/h3-4,6-12,14,20H,1-2,5,13,15-19H2,(H,34,39). The Morgan fingerprint density at radius 3 is 2.51 bits per heavy atom. The van der Waals surface area contributed by atoms with Crippen LogP contribution in [0, 0.1) is 0 Å². The zero-order chi connectivity index (χ0) is 27.4. The smallest absolute Gasteiger partial charge is 0.369 e. The van der Waals surface area contributed by atoms with Crippen LogP contribution in [0.2, 0.25) is 0 Å². The van der Waals surface area contributed by atoms with E-state index in [1.54, 1.807) is 48.7 Å². The first-order valence-electron chi connectivity index (χ1n) is 13.1. The molecule has 0 radical (unpaired) electrons. The minimum atomic E-state index is -4.34. The summed E-state index contributed by atoms with van der Waals surface area (Å²) in [5.41, 5.74) is 1.43. The zero-order valence-electron chi connectivity index (χ0n) is 21.5. The van der Waals surface area contributed by atoms with Crippen molar-refractivity contribution in [2.24, 2.45) is 0 Å². The van der Waals surface area contributed by atoms with Gasteiger partial charge in [-0.05, 0) is 61.9 Å². The van der Waals surface area contributed by atoms with E-state index in [0.29, 0.717) is 54.4 Å². The van der Waals surface area contributed by atoms with Crippen molar-refractivity contribution in [1.29, 1.82) is 0 Å². The van der Waals surface area contributed by atoms with Gasteiger partial charge in [-0.25, -0.2) is 4.98 Å². The lowest BCUT2D eigenvalue weighted by Gasteiger charge is -2.36. The minimum Gasteiger partial charge on any atom is -0.369 e. The monoisotopic (exact) mass is 537 g/mol. The Balaban J connectivity index is 1.11. The average molecular weight is 538 g/mol. The molecular weight excluding hydrogens is 507 g/mol. The van der Waals surface area contributed by atoms with E-state index in [0.717, 1.165) is 38.5 Å². The molecule has 0 atom stereocenters. The van der Waals surface area contributed by atoms with Crippen molar-refractivity contribution in [3.05, 3.63) is 78.0 Å². The van der Waals surface area contributed by atoms with Crippen LogP contribution in [-0.2, 0) is 11.0 Å². The molecule has 0 unspecified atom stereocenters. The molecule has 7 nitrogen and oxygen atoms in total. The number of nitrogens with one attached hydrogen (secondary N) is 1. The van der Waals surface area contributed by atoms with Gasteiger partial charge in [0.1, 0.15) is 0 Å². The van der Waals surface area contributed by atoms with Crippen molar-refractivity contribution in [1.82, 2.24) is 9.88 Å². The highest BCUT2D eigenvalue weighted by Crippen LogP contribution is 2.37. The maximum Gasteiger partial charge on any atom is 0.416 e. The molecule has 1 fully saturated rings. The number of hydrogen-bond donors (Lipinski definition) is 1. The van der Waals surface area contributed by atoms with Gasteiger partial charge in [0.2, 0.25) is 5.91 Å². The Labute approximate surface area is 225 Å². The third-order valence-electron chi connectivity index (χ3n) is 7.16. The molecule has 2 amide bonds. The van der Waals surface area contributed by atoms with Crippen molar-refractivity contribution < 1.29 is 22.8 Å². The van der Waals surface area contributed by atoms with Gasteiger partial charge in [0.25, 0.3) is 5.91 Å². The number of anilines is 4. The number of para-hydroxylation sites is 1. The summed E-state index contributed by atoms with van der Waals surface area (Å²) in [4.78, 5) is 36.3. The number of unbranched alkanes of at least 4 members (excludes halogenated alkanes) is 2. The number of amides is 2. The summed E-state index contributed by atoms with van der Waals surface area (Å²) in [5, 5.41) is 2.84. The normalized spacial score (nSPS) is 15.8. The molecule has 5 rings (SSSR count). The molecule has 1 N–H and O–H groups in total. The topological polar surface area (TPSA) is 68.8 Å². The predicted molar refractivity (Wildman–Crippen MR) is 144 cm³/mol. The van der Waals surface area contributed by atoms with E-state index in [1.807, 2.05) is 4.90 Å². The van der Waals surface area contributed by atoms with Crippen LogP contribution in [-0.4, -0.2) is 54.4 Å². The number of piperazine rings is 1. The highest BCUT2D eigenvalue weighted by Gasteiger charge is 2.31. The van der Waals surface area contributed by atoms with Gasteiger partial charge in [-0.3, -0.25) is 19.4 Å². The summed E-state index contributed by atoms with van der Waals surface area (Å²) in [6.07, 6.45) is 0.0622. The van der Waals surface area contributed by atoms with Crippen LogP contribution in [0.15, 0.2) is 66.9 Å². The molecule has 1 saturated heterocycles.